The maximum Gasteiger partial charge on any atom is 0.269 e. The number of nitrogens with two attached hydrogens (primary N) is 1. The standard InChI is InChI=1S/C15H16FN3O4S/c1-18(10-15(17)11-3-2-4-12(16)9-11)24(22,23)14-7-5-13(6-8-14)19(20)21/h2-9,15H,10,17H2,1H3. The van der Waals surface area contributed by atoms with Crippen LogP contribution in [0.2, 0.25) is 0 Å². The van der Waals surface area contributed by atoms with Crippen LogP contribution in [-0.4, -0.2) is 31.2 Å². The maximum absolute atomic E-state index is 13.2. The first-order valence-corrected chi connectivity index (χ1v) is 8.37. The van der Waals surface area contributed by atoms with Crippen molar-refractivity contribution in [1.82, 2.24) is 4.31 Å². The van der Waals surface area contributed by atoms with Gasteiger partial charge in [-0.3, -0.25) is 10.1 Å². The van der Waals surface area contributed by atoms with E-state index in [2.05, 4.69) is 0 Å². The fourth-order valence-corrected chi connectivity index (χ4v) is 3.33. The van der Waals surface area contributed by atoms with Crippen molar-refractivity contribution in [3.63, 3.8) is 0 Å². The molecule has 0 fully saturated rings. The van der Waals surface area contributed by atoms with Gasteiger partial charge < -0.3 is 5.73 Å². The number of benzene rings is 2. The monoisotopic (exact) mass is 353 g/mol. The van der Waals surface area contributed by atoms with Gasteiger partial charge in [-0.05, 0) is 29.8 Å². The van der Waals surface area contributed by atoms with Gasteiger partial charge in [0.25, 0.3) is 5.69 Å². The highest BCUT2D eigenvalue weighted by molar-refractivity contribution is 7.89. The summed E-state index contributed by atoms with van der Waals surface area (Å²) in [5, 5.41) is 10.6. The Hall–Kier alpha value is -2.36. The minimum Gasteiger partial charge on any atom is -0.323 e. The van der Waals surface area contributed by atoms with Crippen molar-refractivity contribution in [3.05, 3.63) is 70.0 Å². The Labute approximate surface area is 138 Å². The Morgan fingerprint density at radius 1 is 1.25 bits per heavy atom. The number of nitro benzene ring substituents is 1. The Kier molecular flexibility index (Phi) is 5.27. The SMILES string of the molecule is CN(CC(N)c1cccc(F)c1)S(=O)(=O)c1ccc([N+](=O)[O-])cc1. The van der Waals surface area contributed by atoms with Gasteiger partial charge in [0.15, 0.2) is 0 Å². The zero-order chi connectivity index (χ0) is 17.9. The highest BCUT2D eigenvalue weighted by Crippen LogP contribution is 2.21. The first-order chi connectivity index (χ1) is 11.2. The molecule has 2 N–H and O–H groups in total. The fraction of sp³-hybridized carbons (Fsp3) is 0.200. The van der Waals surface area contributed by atoms with Gasteiger partial charge in [-0.25, -0.2) is 12.8 Å². The van der Waals surface area contributed by atoms with Crippen molar-refractivity contribution in [2.24, 2.45) is 5.73 Å². The van der Waals surface area contributed by atoms with Gasteiger partial charge in [-0.15, -0.1) is 0 Å². The number of rotatable bonds is 6. The van der Waals surface area contributed by atoms with E-state index in [1.165, 1.54) is 25.2 Å². The molecule has 0 bridgehead atoms. The molecule has 0 aromatic heterocycles. The van der Waals surface area contributed by atoms with E-state index in [1.807, 2.05) is 0 Å². The largest absolute Gasteiger partial charge is 0.323 e. The number of likely N-dealkylation sites (N-methyl/N-ethyl adjacent to an activating group) is 1. The molecule has 0 aliphatic carbocycles. The summed E-state index contributed by atoms with van der Waals surface area (Å²) < 4.78 is 39.2. The molecule has 0 aliphatic heterocycles. The van der Waals surface area contributed by atoms with Crippen molar-refractivity contribution in [3.8, 4) is 0 Å². The van der Waals surface area contributed by atoms with Crippen LogP contribution in [0.1, 0.15) is 11.6 Å². The third-order valence-electron chi connectivity index (χ3n) is 3.49. The third-order valence-corrected chi connectivity index (χ3v) is 5.32. The van der Waals surface area contributed by atoms with Crippen LogP contribution in [0.25, 0.3) is 0 Å². The molecule has 2 rings (SSSR count). The maximum atomic E-state index is 13.2. The zero-order valence-corrected chi connectivity index (χ0v) is 13.6. The Bertz CT molecular complexity index is 840. The lowest BCUT2D eigenvalue weighted by Crippen LogP contribution is -2.34. The van der Waals surface area contributed by atoms with E-state index in [4.69, 9.17) is 5.73 Å². The second-order valence-corrected chi connectivity index (χ2v) is 7.24. The molecule has 0 radical (unpaired) electrons. The summed E-state index contributed by atoms with van der Waals surface area (Å²) in [6.45, 7) is -0.0667. The Morgan fingerprint density at radius 2 is 1.88 bits per heavy atom. The van der Waals surface area contributed by atoms with Crippen molar-refractivity contribution < 1.29 is 17.7 Å². The summed E-state index contributed by atoms with van der Waals surface area (Å²) in [6, 6.07) is 9.48. The van der Waals surface area contributed by atoms with Crippen LogP contribution in [0.4, 0.5) is 10.1 Å². The molecule has 9 heteroatoms. The van der Waals surface area contributed by atoms with E-state index in [0.29, 0.717) is 5.56 Å². The van der Waals surface area contributed by atoms with Gasteiger partial charge in [0.05, 0.1) is 9.82 Å². The van der Waals surface area contributed by atoms with E-state index in [9.17, 15) is 22.9 Å². The zero-order valence-electron chi connectivity index (χ0n) is 12.8. The van der Waals surface area contributed by atoms with Gasteiger partial charge in [0, 0.05) is 31.8 Å². The molecule has 0 aliphatic rings. The first-order valence-electron chi connectivity index (χ1n) is 6.93. The second kappa shape index (κ2) is 7.04. The lowest BCUT2D eigenvalue weighted by molar-refractivity contribution is -0.384. The normalized spacial score (nSPS) is 13.0. The predicted molar refractivity (Wildman–Crippen MR) is 86.2 cm³/mol. The summed E-state index contributed by atoms with van der Waals surface area (Å²) in [6.07, 6.45) is 0. The summed E-state index contributed by atoms with van der Waals surface area (Å²) in [5.74, 6) is -0.455. The number of hydrogen-bond donors (Lipinski definition) is 1. The highest BCUT2D eigenvalue weighted by Gasteiger charge is 2.24. The molecular formula is C15H16FN3O4S. The van der Waals surface area contributed by atoms with Crippen LogP contribution < -0.4 is 5.73 Å². The molecule has 0 amide bonds. The quantitative estimate of drug-likeness (QED) is 0.632. The molecule has 128 valence electrons. The van der Waals surface area contributed by atoms with E-state index in [-0.39, 0.29) is 17.1 Å². The second-order valence-electron chi connectivity index (χ2n) is 5.20. The minimum absolute atomic E-state index is 0.0667. The van der Waals surface area contributed by atoms with Gasteiger partial charge in [-0.1, -0.05) is 12.1 Å². The molecule has 24 heavy (non-hydrogen) atoms. The van der Waals surface area contributed by atoms with Gasteiger partial charge in [-0.2, -0.15) is 4.31 Å². The van der Waals surface area contributed by atoms with Gasteiger partial charge in [0.1, 0.15) is 5.82 Å². The topological polar surface area (TPSA) is 107 Å². The highest BCUT2D eigenvalue weighted by atomic mass is 32.2. The van der Waals surface area contributed by atoms with Crippen LogP contribution in [0.5, 0.6) is 0 Å². The van der Waals surface area contributed by atoms with E-state index >= 15 is 0 Å². The molecule has 1 unspecified atom stereocenters. The predicted octanol–water partition coefficient (Wildman–Crippen LogP) is 2.05. The van der Waals surface area contributed by atoms with Crippen LogP contribution in [-0.2, 0) is 10.0 Å². The molecule has 0 heterocycles. The Balaban J connectivity index is 2.18. The number of sulfonamides is 1. The summed E-state index contributed by atoms with van der Waals surface area (Å²) >= 11 is 0. The number of nitro groups is 1. The molecule has 7 nitrogen and oxygen atoms in total. The lowest BCUT2D eigenvalue weighted by Gasteiger charge is -2.21. The smallest absolute Gasteiger partial charge is 0.269 e. The van der Waals surface area contributed by atoms with Crippen molar-refractivity contribution in [2.45, 2.75) is 10.9 Å². The number of hydrogen-bond acceptors (Lipinski definition) is 5. The molecular weight excluding hydrogens is 337 g/mol. The van der Waals surface area contributed by atoms with E-state index in [0.717, 1.165) is 28.6 Å². The molecule has 2 aromatic carbocycles. The number of nitrogens with zero attached hydrogens (tertiary/aromatic N) is 2. The first kappa shape index (κ1) is 18.0. The van der Waals surface area contributed by atoms with Gasteiger partial charge >= 0.3 is 0 Å². The van der Waals surface area contributed by atoms with E-state index in [1.54, 1.807) is 6.07 Å². The molecule has 0 saturated carbocycles. The van der Waals surface area contributed by atoms with Crippen LogP contribution in [0.15, 0.2) is 53.4 Å². The van der Waals surface area contributed by atoms with E-state index < -0.39 is 26.8 Å². The minimum atomic E-state index is -3.86. The summed E-state index contributed by atoms with van der Waals surface area (Å²) in [7, 11) is -2.51. The van der Waals surface area contributed by atoms with Gasteiger partial charge in [0.2, 0.25) is 10.0 Å². The number of non-ortho nitro benzene ring substituents is 1. The fourth-order valence-electron chi connectivity index (χ4n) is 2.14. The van der Waals surface area contributed by atoms with Crippen LogP contribution in [0, 0.1) is 15.9 Å². The molecule has 0 spiro atoms. The van der Waals surface area contributed by atoms with Crippen molar-refractivity contribution in [1.29, 1.82) is 0 Å². The summed E-state index contributed by atoms with van der Waals surface area (Å²) in [4.78, 5) is 9.93. The Morgan fingerprint density at radius 3 is 2.42 bits per heavy atom. The average molecular weight is 353 g/mol. The average Bonchev–Trinajstić information content (AvgIpc) is 2.54. The number of halogens is 1. The summed E-state index contributed by atoms with van der Waals surface area (Å²) in [5.41, 5.74) is 6.21. The van der Waals surface area contributed by atoms with Crippen LogP contribution in [0.3, 0.4) is 0 Å². The molecule has 1 atom stereocenters. The third kappa shape index (κ3) is 3.94. The van der Waals surface area contributed by atoms with Crippen LogP contribution >= 0.6 is 0 Å². The lowest BCUT2D eigenvalue weighted by atomic mass is 10.1. The molecule has 0 saturated heterocycles. The molecule has 2 aromatic rings. The van der Waals surface area contributed by atoms with Crippen molar-refractivity contribution >= 4 is 15.7 Å². The van der Waals surface area contributed by atoms with Crippen molar-refractivity contribution in [2.75, 3.05) is 13.6 Å².